The van der Waals surface area contributed by atoms with Crippen molar-refractivity contribution in [2.45, 2.75) is 12.6 Å². The molecule has 0 aliphatic carbocycles. The SMILES string of the molecule is Cn1ccnc1C1CNCCN1Cc1cccc(Oc2ccccc2)c1. The van der Waals surface area contributed by atoms with E-state index in [1.807, 2.05) is 48.8 Å². The molecule has 3 aromatic rings. The van der Waals surface area contributed by atoms with Crippen LogP contribution in [0.1, 0.15) is 17.4 Å². The number of hydrogen-bond donors (Lipinski definition) is 1. The first-order chi connectivity index (χ1) is 12.8. The third kappa shape index (κ3) is 3.79. The summed E-state index contributed by atoms with van der Waals surface area (Å²) in [5.41, 5.74) is 1.25. The highest BCUT2D eigenvalue weighted by Crippen LogP contribution is 2.26. The van der Waals surface area contributed by atoms with Gasteiger partial charge in [0, 0.05) is 45.6 Å². The molecule has 0 radical (unpaired) electrons. The van der Waals surface area contributed by atoms with Crippen molar-refractivity contribution >= 4 is 0 Å². The van der Waals surface area contributed by atoms with Crippen LogP contribution in [-0.2, 0) is 13.6 Å². The maximum absolute atomic E-state index is 5.98. The summed E-state index contributed by atoms with van der Waals surface area (Å²) in [6, 6.07) is 18.5. The first-order valence-corrected chi connectivity index (χ1v) is 9.03. The molecule has 5 nitrogen and oxygen atoms in total. The monoisotopic (exact) mass is 348 g/mol. The van der Waals surface area contributed by atoms with Crippen molar-refractivity contribution in [2.24, 2.45) is 7.05 Å². The third-order valence-corrected chi connectivity index (χ3v) is 4.77. The number of nitrogens with one attached hydrogen (secondary N) is 1. The smallest absolute Gasteiger partial charge is 0.127 e. The largest absolute Gasteiger partial charge is 0.457 e. The Hall–Kier alpha value is -2.63. The van der Waals surface area contributed by atoms with Crippen LogP contribution in [0.4, 0.5) is 0 Å². The molecule has 134 valence electrons. The predicted octanol–water partition coefficient (Wildman–Crippen LogP) is 3.36. The fraction of sp³-hybridized carbons (Fsp3) is 0.286. The van der Waals surface area contributed by atoms with E-state index in [9.17, 15) is 0 Å². The number of benzene rings is 2. The van der Waals surface area contributed by atoms with Crippen LogP contribution in [0.15, 0.2) is 67.0 Å². The summed E-state index contributed by atoms with van der Waals surface area (Å²) in [7, 11) is 2.06. The van der Waals surface area contributed by atoms with Gasteiger partial charge in [-0.25, -0.2) is 4.98 Å². The van der Waals surface area contributed by atoms with E-state index < -0.39 is 0 Å². The Morgan fingerprint density at radius 2 is 1.96 bits per heavy atom. The summed E-state index contributed by atoms with van der Waals surface area (Å²) >= 11 is 0. The maximum atomic E-state index is 5.98. The van der Waals surface area contributed by atoms with Gasteiger partial charge >= 0.3 is 0 Å². The Labute approximate surface area is 154 Å². The van der Waals surface area contributed by atoms with Gasteiger partial charge in [0.2, 0.25) is 0 Å². The van der Waals surface area contributed by atoms with Gasteiger partial charge in [0.1, 0.15) is 17.3 Å². The molecule has 2 aromatic carbocycles. The molecule has 1 aromatic heterocycles. The molecule has 4 rings (SSSR count). The van der Waals surface area contributed by atoms with Crippen LogP contribution in [0.2, 0.25) is 0 Å². The third-order valence-electron chi connectivity index (χ3n) is 4.77. The number of hydrogen-bond acceptors (Lipinski definition) is 4. The summed E-state index contributed by atoms with van der Waals surface area (Å²) in [6.07, 6.45) is 3.88. The van der Waals surface area contributed by atoms with Crippen LogP contribution in [0.25, 0.3) is 0 Å². The highest BCUT2D eigenvalue weighted by Gasteiger charge is 2.26. The Bertz CT molecular complexity index is 846. The van der Waals surface area contributed by atoms with Crippen molar-refractivity contribution < 1.29 is 4.74 Å². The zero-order valence-corrected chi connectivity index (χ0v) is 15.0. The van der Waals surface area contributed by atoms with Crippen molar-refractivity contribution in [3.05, 3.63) is 78.4 Å². The molecule has 2 heterocycles. The van der Waals surface area contributed by atoms with Crippen molar-refractivity contribution in [1.82, 2.24) is 19.8 Å². The Balaban J connectivity index is 1.50. The quantitative estimate of drug-likeness (QED) is 0.768. The van der Waals surface area contributed by atoms with E-state index in [1.165, 1.54) is 5.56 Å². The minimum Gasteiger partial charge on any atom is -0.457 e. The highest BCUT2D eigenvalue weighted by atomic mass is 16.5. The van der Waals surface area contributed by atoms with Crippen LogP contribution >= 0.6 is 0 Å². The van der Waals surface area contributed by atoms with Gasteiger partial charge in [-0.05, 0) is 29.8 Å². The maximum Gasteiger partial charge on any atom is 0.127 e. The summed E-state index contributed by atoms with van der Waals surface area (Å²) < 4.78 is 8.09. The molecule has 1 N–H and O–H groups in total. The van der Waals surface area contributed by atoms with Crippen LogP contribution in [0, 0.1) is 0 Å². The average molecular weight is 348 g/mol. The molecule has 0 amide bonds. The average Bonchev–Trinajstić information content (AvgIpc) is 3.09. The summed E-state index contributed by atoms with van der Waals surface area (Å²) in [5.74, 6) is 2.84. The van der Waals surface area contributed by atoms with E-state index >= 15 is 0 Å². The minimum absolute atomic E-state index is 0.280. The zero-order chi connectivity index (χ0) is 17.8. The van der Waals surface area contributed by atoms with Crippen LogP contribution < -0.4 is 10.1 Å². The highest BCUT2D eigenvalue weighted by molar-refractivity contribution is 5.34. The van der Waals surface area contributed by atoms with Gasteiger partial charge in [0.15, 0.2) is 0 Å². The summed E-state index contributed by atoms with van der Waals surface area (Å²) in [5, 5.41) is 3.49. The number of nitrogens with zero attached hydrogens (tertiary/aromatic N) is 3. The molecule has 5 heteroatoms. The number of aromatic nitrogens is 2. The van der Waals surface area contributed by atoms with E-state index in [0.717, 1.165) is 43.5 Å². The normalized spacial score (nSPS) is 18.0. The van der Waals surface area contributed by atoms with Crippen molar-refractivity contribution in [1.29, 1.82) is 0 Å². The molecule has 1 saturated heterocycles. The van der Waals surface area contributed by atoms with Crippen molar-refractivity contribution in [3.63, 3.8) is 0 Å². The van der Waals surface area contributed by atoms with Gasteiger partial charge in [0.05, 0.1) is 6.04 Å². The number of ether oxygens (including phenoxy) is 1. The van der Waals surface area contributed by atoms with Crippen LogP contribution in [0.3, 0.4) is 0 Å². The molecule has 1 unspecified atom stereocenters. The van der Waals surface area contributed by atoms with Gasteiger partial charge in [0.25, 0.3) is 0 Å². The second-order valence-corrected chi connectivity index (χ2v) is 6.65. The Morgan fingerprint density at radius 1 is 1.12 bits per heavy atom. The first-order valence-electron chi connectivity index (χ1n) is 9.03. The Morgan fingerprint density at radius 3 is 2.77 bits per heavy atom. The molecule has 0 bridgehead atoms. The molecular formula is C21H24N4O. The van der Waals surface area contributed by atoms with Gasteiger partial charge in [-0.2, -0.15) is 0 Å². The number of piperazine rings is 1. The van der Waals surface area contributed by atoms with Crippen LogP contribution in [0.5, 0.6) is 11.5 Å². The molecule has 0 spiro atoms. The minimum atomic E-state index is 0.280. The molecule has 26 heavy (non-hydrogen) atoms. The fourth-order valence-corrected chi connectivity index (χ4v) is 3.45. The van der Waals surface area contributed by atoms with E-state index in [-0.39, 0.29) is 6.04 Å². The van der Waals surface area contributed by atoms with E-state index in [1.54, 1.807) is 0 Å². The fourth-order valence-electron chi connectivity index (χ4n) is 3.45. The second kappa shape index (κ2) is 7.72. The predicted molar refractivity (Wildman–Crippen MR) is 102 cm³/mol. The molecular weight excluding hydrogens is 324 g/mol. The molecule has 1 aliphatic heterocycles. The van der Waals surface area contributed by atoms with Crippen molar-refractivity contribution in [2.75, 3.05) is 19.6 Å². The summed E-state index contributed by atoms with van der Waals surface area (Å²) in [6.45, 7) is 3.80. The number of imidazole rings is 1. The van der Waals surface area contributed by atoms with E-state index in [0.29, 0.717) is 0 Å². The standard InChI is InChI=1S/C21H24N4O/c1-24-12-11-23-21(24)20-15-22-10-13-25(20)16-17-6-5-9-19(14-17)26-18-7-3-2-4-8-18/h2-9,11-12,14,20,22H,10,13,15-16H2,1H3. The number of para-hydroxylation sites is 1. The van der Waals surface area contributed by atoms with Gasteiger partial charge in [-0.1, -0.05) is 30.3 Å². The summed E-state index contributed by atoms with van der Waals surface area (Å²) in [4.78, 5) is 7.05. The second-order valence-electron chi connectivity index (χ2n) is 6.65. The van der Waals surface area contributed by atoms with Gasteiger partial charge in [-0.15, -0.1) is 0 Å². The number of rotatable bonds is 5. The van der Waals surface area contributed by atoms with E-state index in [4.69, 9.17) is 4.74 Å². The van der Waals surface area contributed by atoms with Crippen LogP contribution in [-0.4, -0.2) is 34.1 Å². The Kier molecular flexibility index (Phi) is 5.00. The lowest BCUT2D eigenvalue weighted by molar-refractivity contribution is 0.144. The van der Waals surface area contributed by atoms with Gasteiger partial charge in [-0.3, -0.25) is 4.90 Å². The van der Waals surface area contributed by atoms with Gasteiger partial charge < -0.3 is 14.6 Å². The molecule has 0 saturated carbocycles. The van der Waals surface area contributed by atoms with Crippen molar-refractivity contribution in [3.8, 4) is 11.5 Å². The first kappa shape index (κ1) is 16.8. The zero-order valence-electron chi connectivity index (χ0n) is 15.0. The van der Waals surface area contributed by atoms with E-state index in [2.05, 4.69) is 45.0 Å². The lowest BCUT2D eigenvalue weighted by Gasteiger charge is -2.35. The molecule has 1 aliphatic rings. The molecule has 1 atom stereocenters. The molecule has 1 fully saturated rings. The lowest BCUT2D eigenvalue weighted by Crippen LogP contribution is -2.46. The number of aryl methyl sites for hydroxylation is 1. The lowest BCUT2D eigenvalue weighted by atomic mass is 10.1. The topological polar surface area (TPSA) is 42.3 Å².